The first kappa shape index (κ1) is 18.7. The summed E-state index contributed by atoms with van der Waals surface area (Å²) in [7, 11) is 1.47. The molecule has 0 saturated heterocycles. The maximum absolute atomic E-state index is 12.3. The second-order valence-corrected chi connectivity index (χ2v) is 6.51. The van der Waals surface area contributed by atoms with Crippen LogP contribution in [0.1, 0.15) is 21.5 Å². The van der Waals surface area contributed by atoms with Crippen molar-refractivity contribution in [1.82, 2.24) is 15.2 Å². The van der Waals surface area contributed by atoms with Gasteiger partial charge in [-0.15, -0.1) is 0 Å². The number of hydrogen-bond donors (Lipinski definition) is 2. The lowest BCUT2D eigenvalue weighted by Crippen LogP contribution is -2.18. The number of rotatable bonds is 6. The van der Waals surface area contributed by atoms with E-state index in [1.54, 1.807) is 29.1 Å². The fraction of sp³-hybridized carbons (Fsp3) is 0.105. The Hall–Kier alpha value is -3.13. The maximum Gasteiger partial charge on any atom is 0.271 e. The van der Waals surface area contributed by atoms with Crippen molar-refractivity contribution in [3.8, 4) is 11.5 Å². The van der Waals surface area contributed by atoms with Crippen molar-refractivity contribution in [3.05, 3.63) is 76.0 Å². The first-order chi connectivity index (χ1) is 13.1. The van der Waals surface area contributed by atoms with E-state index in [9.17, 15) is 9.90 Å². The standard InChI is InChI=1S/C19H17BrN4O3/c1-27-18-16(20)9-14(10-17(18)25)11-21-23-19(26)15-5-2-4-13(8-15)12-24-7-3-6-22-24/h2-11,25H,12H2,1H3,(H,23,26). The number of methoxy groups -OCH3 is 1. The molecule has 0 radical (unpaired) electrons. The Morgan fingerprint density at radius 2 is 2.22 bits per heavy atom. The third-order valence-corrected chi connectivity index (χ3v) is 4.31. The first-order valence-electron chi connectivity index (χ1n) is 8.03. The summed E-state index contributed by atoms with van der Waals surface area (Å²) in [6, 6.07) is 12.3. The lowest BCUT2D eigenvalue weighted by molar-refractivity contribution is 0.0955. The molecule has 2 aromatic carbocycles. The van der Waals surface area contributed by atoms with Gasteiger partial charge in [-0.05, 0) is 57.4 Å². The molecule has 3 aromatic rings. The molecule has 0 aliphatic rings. The van der Waals surface area contributed by atoms with Crippen LogP contribution in [-0.4, -0.2) is 34.1 Å². The monoisotopic (exact) mass is 428 g/mol. The molecular weight excluding hydrogens is 412 g/mol. The molecule has 138 valence electrons. The Morgan fingerprint density at radius 1 is 1.37 bits per heavy atom. The number of phenolic OH excluding ortho intramolecular Hbond substituents is 1. The van der Waals surface area contributed by atoms with E-state index in [0.717, 1.165) is 5.56 Å². The number of nitrogens with one attached hydrogen (secondary N) is 1. The maximum atomic E-state index is 12.3. The number of halogens is 1. The topological polar surface area (TPSA) is 88.7 Å². The number of carbonyl (C=O) groups is 1. The van der Waals surface area contributed by atoms with Crippen LogP contribution in [0.4, 0.5) is 0 Å². The molecule has 0 spiro atoms. The number of amides is 1. The average molecular weight is 429 g/mol. The van der Waals surface area contributed by atoms with Gasteiger partial charge < -0.3 is 9.84 Å². The Bertz CT molecular complexity index is 948. The molecule has 1 heterocycles. The summed E-state index contributed by atoms with van der Waals surface area (Å²) in [6.07, 6.45) is 5.01. The van der Waals surface area contributed by atoms with Gasteiger partial charge in [-0.25, -0.2) is 5.43 Å². The van der Waals surface area contributed by atoms with Crippen molar-refractivity contribution in [1.29, 1.82) is 0 Å². The summed E-state index contributed by atoms with van der Waals surface area (Å²) in [5.74, 6) is -0.0125. The van der Waals surface area contributed by atoms with Gasteiger partial charge in [0.2, 0.25) is 0 Å². The highest BCUT2D eigenvalue weighted by Crippen LogP contribution is 2.34. The molecule has 0 unspecified atom stereocenters. The molecule has 8 heteroatoms. The van der Waals surface area contributed by atoms with E-state index in [0.29, 0.717) is 27.9 Å². The minimum Gasteiger partial charge on any atom is -0.504 e. The molecule has 0 bridgehead atoms. The van der Waals surface area contributed by atoms with Gasteiger partial charge in [-0.3, -0.25) is 9.48 Å². The third kappa shape index (κ3) is 4.73. The zero-order valence-electron chi connectivity index (χ0n) is 14.5. The van der Waals surface area contributed by atoms with Gasteiger partial charge >= 0.3 is 0 Å². The normalized spacial score (nSPS) is 10.9. The van der Waals surface area contributed by atoms with Crippen LogP contribution in [0.15, 0.2) is 64.4 Å². The van der Waals surface area contributed by atoms with Gasteiger partial charge in [0.15, 0.2) is 11.5 Å². The van der Waals surface area contributed by atoms with Gasteiger partial charge in [0.25, 0.3) is 5.91 Å². The van der Waals surface area contributed by atoms with Crippen LogP contribution >= 0.6 is 15.9 Å². The highest BCUT2D eigenvalue weighted by molar-refractivity contribution is 9.10. The highest BCUT2D eigenvalue weighted by atomic mass is 79.9. The quantitative estimate of drug-likeness (QED) is 0.466. The van der Waals surface area contributed by atoms with E-state index in [1.807, 2.05) is 24.4 Å². The predicted molar refractivity (Wildman–Crippen MR) is 105 cm³/mol. The zero-order valence-corrected chi connectivity index (χ0v) is 16.0. The minimum absolute atomic E-state index is 0.0222. The molecule has 0 saturated carbocycles. The Balaban J connectivity index is 1.66. The van der Waals surface area contributed by atoms with Crippen molar-refractivity contribution < 1.29 is 14.6 Å². The number of hydrazone groups is 1. The molecular formula is C19H17BrN4O3. The van der Waals surface area contributed by atoms with Crippen LogP contribution in [-0.2, 0) is 6.54 Å². The minimum atomic E-state index is -0.328. The van der Waals surface area contributed by atoms with Crippen molar-refractivity contribution in [3.63, 3.8) is 0 Å². The van der Waals surface area contributed by atoms with E-state index in [1.165, 1.54) is 19.4 Å². The molecule has 0 aliphatic heterocycles. The number of nitrogens with zero attached hydrogens (tertiary/aromatic N) is 3. The van der Waals surface area contributed by atoms with E-state index in [2.05, 4.69) is 31.6 Å². The van der Waals surface area contributed by atoms with Crippen molar-refractivity contribution >= 4 is 28.1 Å². The number of carbonyl (C=O) groups excluding carboxylic acids is 1. The second-order valence-electron chi connectivity index (χ2n) is 5.66. The van der Waals surface area contributed by atoms with Crippen LogP contribution in [0.5, 0.6) is 11.5 Å². The van der Waals surface area contributed by atoms with Gasteiger partial charge in [0.05, 0.1) is 24.3 Å². The summed E-state index contributed by atoms with van der Waals surface area (Å²) in [5, 5.41) is 18.0. The fourth-order valence-corrected chi connectivity index (χ4v) is 3.13. The molecule has 1 aromatic heterocycles. The van der Waals surface area contributed by atoms with Crippen LogP contribution in [0.2, 0.25) is 0 Å². The number of phenols is 1. The Labute approximate surface area is 164 Å². The van der Waals surface area contributed by atoms with E-state index < -0.39 is 0 Å². The van der Waals surface area contributed by atoms with Crippen LogP contribution in [0.3, 0.4) is 0 Å². The smallest absolute Gasteiger partial charge is 0.271 e. The number of benzene rings is 2. The number of aromatic hydroxyl groups is 1. The van der Waals surface area contributed by atoms with E-state index in [4.69, 9.17) is 4.74 Å². The van der Waals surface area contributed by atoms with Gasteiger partial charge in [0.1, 0.15) is 0 Å². The summed E-state index contributed by atoms with van der Waals surface area (Å²) in [5.41, 5.74) is 4.54. The molecule has 2 N–H and O–H groups in total. The number of ether oxygens (including phenoxy) is 1. The second kappa shape index (κ2) is 8.50. The van der Waals surface area contributed by atoms with E-state index >= 15 is 0 Å². The van der Waals surface area contributed by atoms with Crippen LogP contribution < -0.4 is 10.2 Å². The highest BCUT2D eigenvalue weighted by Gasteiger charge is 2.08. The molecule has 0 aliphatic carbocycles. The first-order valence-corrected chi connectivity index (χ1v) is 8.82. The van der Waals surface area contributed by atoms with Crippen LogP contribution in [0, 0.1) is 0 Å². The Kier molecular flexibility index (Phi) is 5.87. The summed E-state index contributed by atoms with van der Waals surface area (Å²) in [4.78, 5) is 12.3. The molecule has 0 atom stereocenters. The van der Waals surface area contributed by atoms with Gasteiger partial charge in [-0.2, -0.15) is 10.2 Å². The lowest BCUT2D eigenvalue weighted by atomic mass is 10.1. The van der Waals surface area contributed by atoms with Crippen LogP contribution in [0.25, 0.3) is 0 Å². The number of aromatic nitrogens is 2. The van der Waals surface area contributed by atoms with Crippen molar-refractivity contribution in [2.45, 2.75) is 6.54 Å². The largest absolute Gasteiger partial charge is 0.504 e. The third-order valence-electron chi connectivity index (χ3n) is 3.72. The van der Waals surface area contributed by atoms with Gasteiger partial charge in [0, 0.05) is 18.0 Å². The number of hydrogen-bond acceptors (Lipinski definition) is 5. The van der Waals surface area contributed by atoms with Gasteiger partial charge in [-0.1, -0.05) is 12.1 Å². The summed E-state index contributed by atoms with van der Waals surface area (Å²) in [6.45, 7) is 0.580. The molecule has 27 heavy (non-hydrogen) atoms. The summed E-state index contributed by atoms with van der Waals surface area (Å²) >= 11 is 3.31. The average Bonchev–Trinajstić information content (AvgIpc) is 3.14. The molecule has 1 amide bonds. The fourth-order valence-electron chi connectivity index (χ4n) is 2.50. The van der Waals surface area contributed by atoms with Crippen molar-refractivity contribution in [2.75, 3.05) is 7.11 Å². The van der Waals surface area contributed by atoms with Crippen molar-refractivity contribution in [2.24, 2.45) is 5.10 Å². The zero-order chi connectivity index (χ0) is 19.2. The SMILES string of the molecule is COc1c(O)cc(C=NNC(=O)c2cccc(Cn3cccn3)c2)cc1Br. The Morgan fingerprint density at radius 3 is 2.93 bits per heavy atom. The summed E-state index contributed by atoms with van der Waals surface area (Å²) < 4.78 is 7.43. The van der Waals surface area contributed by atoms with E-state index in [-0.39, 0.29) is 11.7 Å². The lowest BCUT2D eigenvalue weighted by Gasteiger charge is -2.07. The predicted octanol–water partition coefficient (Wildman–Crippen LogP) is 3.17. The molecule has 7 nitrogen and oxygen atoms in total. The molecule has 3 rings (SSSR count). The molecule has 0 fully saturated rings.